The molecular formula is C29H55N3O3. The maximum absolute atomic E-state index is 11.4. The number of carbonyl (C=O) groups excluding carboxylic acids is 1. The van der Waals surface area contributed by atoms with Gasteiger partial charge in [-0.2, -0.15) is 5.26 Å². The molecule has 0 bridgehead atoms. The Morgan fingerprint density at radius 1 is 0.857 bits per heavy atom. The van der Waals surface area contributed by atoms with Crippen LogP contribution in [0.2, 0.25) is 0 Å². The summed E-state index contributed by atoms with van der Waals surface area (Å²) < 4.78 is 4.83. The third-order valence-electron chi connectivity index (χ3n) is 6.21. The first-order chi connectivity index (χ1) is 17.2. The lowest BCUT2D eigenvalue weighted by Crippen LogP contribution is -2.30. The standard InChI is InChI=1S/C29H55N3O3/c1-2-3-4-5-6-7-8-9-10-11-12-13-14-15-16-17-24-32(25-18-21-30)26-19-22-31-23-20-29(34)35-28-27-33/h9-10,31,33H,2-8,11-20,22-28H2,1H3/b10-9-. The van der Waals surface area contributed by atoms with E-state index in [1.54, 1.807) is 0 Å². The van der Waals surface area contributed by atoms with Crippen LogP contribution >= 0.6 is 0 Å². The number of allylic oxidation sites excluding steroid dienone is 2. The molecule has 6 nitrogen and oxygen atoms in total. The van der Waals surface area contributed by atoms with Gasteiger partial charge in [-0.25, -0.2) is 0 Å². The van der Waals surface area contributed by atoms with Gasteiger partial charge in [0.05, 0.1) is 19.1 Å². The van der Waals surface area contributed by atoms with Crippen molar-refractivity contribution in [1.29, 1.82) is 5.26 Å². The van der Waals surface area contributed by atoms with Gasteiger partial charge in [-0.3, -0.25) is 4.79 Å². The van der Waals surface area contributed by atoms with Crippen LogP contribution in [0.1, 0.15) is 116 Å². The molecule has 6 heteroatoms. The molecule has 0 aromatic rings. The lowest BCUT2D eigenvalue weighted by atomic mass is 10.1. The summed E-state index contributed by atoms with van der Waals surface area (Å²) in [4.78, 5) is 13.8. The summed E-state index contributed by atoms with van der Waals surface area (Å²) in [6, 6.07) is 2.26. The minimum absolute atomic E-state index is 0.0728. The number of nitrogens with one attached hydrogen (secondary N) is 1. The summed E-state index contributed by atoms with van der Waals surface area (Å²) in [5.74, 6) is -0.276. The lowest BCUT2D eigenvalue weighted by molar-refractivity contribution is -0.144. The van der Waals surface area contributed by atoms with Gasteiger partial charge >= 0.3 is 5.97 Å². The van der Waals surface area contributed by atoms with Gasteiger partial charge < -0.3 is 20.1 Å². The molecule has 0 aromatic heterocycles. The van der Waals surface area contributed by atoms with Crippen molar-refractivity contribution in [3.63, 3.8) is 0 Å². The Morgan fingerprint density at radius 3 is 2.09 bits per heavy atom. The first kappa shape index (κ1) is 33.6. The second-order valence-electron chi connectivity index (χ2n) is 9.49. The first-order valence-electron chi connectivity index (χ1n) is 14.5. The van der Waals surface area contributed by atoms with E-state index in [1.807, 2.05) is 0 Å². The highest BCUT2D eigenvalue weighted by atomic mass is 16.5. The average molecular weight is 494 g/mol. The molecule has 204 valence electrons. The fourth-order valence-corrected chi connectivity index (χ4v) is 4.10. The zero-order valence-corrected chi connectivity index (χ0v) is 22.8. The Morgan fingerprint density at radius 2 is 1.46 bits per heavy atom. The third kappa shape index (κ3) is 27.0. The van der Waals surface area contributed by atoms with Gasteiger partial charge in [0.25, 0.3) is 0 Å². The first-order valence-corrected chi connectivity index (χ1v) is 14.5. The highest BCUT2D eigenvalue weighted by molar-refractivity contribution is 5.69. The Hall–Kier alpha value is -1.42. The molecule has 0 fully saturated rings. The van der Waals surface area contributed by atoms with E-state index in [-0.39, 0.29) is 19.2 Å². The molecule has 0 aromatic carbocycles. The van der Waals surface area contributed by atoms with Crippen LogP contribution in [-0.4, -0.2) is 61.9 Å². The maximum atomic E-state index is 11.4. The van der Waals surface area contributed by atoms with Crippen LogP contribution in [0.5, 0.6) is 0 Å². The van der Waals surface area contributed by atoms with Crippen LogP contribution in [0, 0.1) is 11.3 Å². The van der Waals surface area contributed by atoms with E-state index in [4.69, 9.17) is 15.1 Å². The topological polar surface area (TPSA) is 85.6 Å². The summed E-state index contributed by atoms with van der Waals surface area (Å²) >= 11 is 0. The molecule has 0 aliphatic rings. The maximum Gasteiger partial charge on any atom is 0.307 e. The Kier molecular flexibility index (Phi) is 27.6. The number of hydrogen-bond acceptors (Lipinski definition) is 6. The van der Waals surface area contributed by atoms with Crippen molar-refractivity contribution in [2.75, 3.05) is 45.9 Å². The van der Waals surface area contributed by atoms with Crippen LogP contribution in [0.3, 0.4) is 0 Å². The van der Waals surface area contributed by atoms with Crippen molar-refractivity contribution in [3.8, 4) is 6.07 Å². The third-order valence-corrected chi connectivity index (χ3v) is 6.21. The quantitative estimate of drug-likeness (QED) is 0.0811. The number of nitriles is 1. The molecule has 0 saturated heterocycles. The number of aliphatic hydroxyl groups is 1. The van der Waals surface area contributed by atoms with E-state index in [0.717, 1.165) is 32.6 Å². The number of nitrogens with zero attached hydrogens (tertiary/aromatic N) is 2. The largest absolute Gasteiger partial charge is 0.463 e. The van der Waals surface area contributed by atoms with Crippen molar-refractivity contribution >= 4 is 5.97 Å². The molecule has 0 rings (SSSR count). The van der Waals surface area contributed by atoms with Gasteiger partial charge in [0, 0.05) is 19.5 Å². The molecule has 0 aliphatic carbocycles. The van der Waals surface area contributed by atoms with Crippen LogP contribution in [0.4, 0.5) is 0 Å². The van der Waals surface area contributed by atoms with Crippen molar-refractivity contribution in [2.24, 2.45) is 0 Å². The van der Waals surface area contributed by atoms with Gasteiger partial charge in [0.1, 0.15) is 6.61 Å². The number of carbonyl (C=O) groups is 1. The molecule has 0 spiro atoms. The van der Waals surface area contributed by atoms with Gasteiger partial charge in [-0.05, 0) is 58.2 Å². The fourth-order valence-electron chi connectivity index (χ4n) is 4.10. The van der Waals surface area contributed by atoms with Crippen LogP contribution in [0.25, 0.3) is 0 Å². The van der Waals surface area contributed by atoms with E-state index < -0.39 is 0 Å². The summed E-state index contributed by atoms with van der Waals surface area (Å²) in [5, 5.41) is 20.8. The molecule has 2 N–H and O–H groups in total. The van der Waals surface area contributed by atoms with Crippen molar-refractivity contribution < 1.29 is 14.6 Å². The van der Waals surface area contributed by atoms with Crippen molar-refractivity contribution in [3.05, 3.63) is 12.2 Å². The number of rotatable bonds is 27. The summed E-state index contributed by atoms with van der Waals surface area (Å²) in [6.45, 7) is 6.55. The highest BCUT2D eigenvalue weighted by Crippen LogP contribution is 2.10. The number of unbranched alkanes of at least 4 members (excludes halogenated alkanes) is 12. The van der Waals surface area contributed by atoms with E-state index >= 15 is 0 Å². The predicted octanol–water partition coefficient (Wildman–Crippen LogP) is 6.14. The molecule has 35 heavy (non-hydrogen) atoms. The SMILES string of the molecule is CCCCCCCC/C=C\CCCCCCCCN(CCC#N)CCCNCCC(=O)OCCO. The monoisotopic (exact) mass is 493 g/mol. The molecular weight excluding hydrogens is 438 g/mol. The second kappa shape index (κ2) is 28.8. The van der Waals surface area contributed by atoms with Crippen LogP contribution in [0.15, 0.2) is 12.2 Å². The molecule has 0 unspecified atom stereocenters. The van der Waals surface area contributed by atoms with Gasteiger partial charge in [-0.15, -0.1) is 0 Å². The zero-order valence-electron chi connectivity index (χ0n) is 22.8. The minimum atomic E-state index is -0.276. The number of hydrogen-bond donors (Lipinski definition) is 2. The lowest BCUT2D eigenvalue weighted by Gasteiger charge is -2.21. The zero-order chi connectivity index (χ0) is 25.7. The summed E-state index contributed by atoms with van der Waals surface area (Å²) in [6.07, 6.45) is 25.2. The number of esters is 1. The summed E-state index contributed by atoms with van der Waals surface area (Å²) in [5.41, 5.74) is 0. The highest BCUT2D eigenvalue weighted by Gasteiger charge is 2.05. The molecule has 0 heterocycles. The van der Waals surface area contributed by atoms with Gasteiger partial charge in [-0.1, -0.05) is 76.9 Å². The smallest absolute Gasteiger partial charge is 0.307 e. The number of aliphatic hydroxyl groups excluding tert-OH is 1. The van der Waals surface area contributed by atoms with Gasteiger partial charge in [0.2, 0.25) is 0 Å². The average Bonchev–Trinajstić information content (AvgIpc) is 2.87. The Balaban J connectivity index is 3.59. The van der Waals surface area contributed by atoms with Crippen molar-refractivity contribution in [2.45, 2.75) is 116 Å². The van der Waals surface area contributed by atoms with E-state index in [9.17, 15) is 4.79 Å². The normalized spacial score (nSPS) is 11.4. The molecule has 0 aliphatic heterocycles. The fraction of sp³-hybridized carbons (Fsp3) is 0.862. The minimum Gasteiger partial charge on any atom is -0.463 e. The van der Waals surface area contributed by atoms with E-state index in [1.165, 1.54) is 89.9 Å². The molecule has 0 amide bonds. The van der Waals surface area contributed by atoms with E-state index in [2.05, 4.69) is 35.4 Å². The second-order valence-corrected chi connectivity index (χ2v) is 9.49. The Labute approximate surface area is 216 Å². The van der Waals surface area contributed by atoms with Crippen LogP contribution in [-0.2, 0) is 9.53 Å². The predicted molar refractivity (Wildman–Crippen MR) is 146 cm³/mol. The van der Waals surface area contributed by atoms with E-state index in [0.29, 0.717) is 19.4 Å². The molecule has 0 radical (unpaired) electrons. The molecule has 0 saturated carbocycles. The van der Waals surface area contributed by atoms with Gasteiger partial charge in [0.15, 0.2) is 0 Å². The number of ether oxygens (including phenoxy) is 1. The van der Waals surface area contributed by atoms with Crippen molar-refractivity contribution in [1.82, 2.24) is 10.2 Å². The van der Waals surface area contributed by atoms with Crippen LogP contribution < -0.4 is 5.32 Å². The molecule has 0 atom stereocenters. The summed E-state index contributed by atoms with van der Waals surface area (Å²) in [7, 11) is 0. The Bertz CT molecular complexity index is 520.